The number of carbonyl (C=O) groups excluding carboxylic acids is 6. The van der Waals surface area contributed by atoms with E-state index in [0.717, 1.165) is 112 Å². The Hall–Kier alpha value is -1.39. The zero-order chi connectivity index (χ0) is 60.2. The number of carbonyl (C=O) groups is 6. The van der Waals surface area contributed by atoms with Crippen molar-refractivity contribution in [1.82, 2.24) is 14.7 Å². The SMILES string of the molecule is C.CC(=O)OC(C)=O.CC(=O)OC1=CC=C2C3Cc4c(Br)cc(CO)c5c4[C@]2(CCN3C)[C@@H]1O5.CN1CC[C@@]23c4c5c(Br)cc(CO)c4O[C@@H]2C(=O)C(Br)CC3C1C5.CN1CC[C@@]23c4c5c(Br)cc(CO)c4O[C@@H]2C(=O)C=CC3C1C5.O=CO[O-].[H-].[K+].[K+]. The molecule has 6 bridgehead atoms. The Morgan fingerprint density at radius 2 is 1.18 bits per heavy atom. The molecule has 19 nitrogen and oxygen atoms in total. The number of allylic oxidation sites excluding steroid dienone is 2. The summed E-state index contributed by atoms with van der Waals surface area (Å²) in [5.41, 5.74) is 10.3. The number of aliphatic hydroxyl groups excluding tert-OH is 3. The maximum atomic E-state index is 13.0. The van der Waals surface area contributed by atoms with Gasteiger partial charge in [-0.05, 0) is 144 Å². The molecule has 6 aliphatic heterocycles. The van der Waals surface area contributed by atoms with Gasteiger partial charge in [-0.3, -0.25) is 33.7 Å². The average molecular weight is 1510 g/mol. The Labute approximate surface area is 625 Å². The van der Waals surface area contributed by atoms with Crippen LogP contribution in [0.5, 0.6) is 17.2 Å². The van der Waals surface area contributed by atoms with Crippen LogP contribution in [0.2, 0.25) is 0 Å². The molecule has 15 rings (SSSR count). The van der Waals surface area contributed by atoms with Gasteiger partial charge in [0.25, 0.3) is 6.47 Å². The number of nitrogens with zero attached hydrogens (tertiary/aromatic N) is 3. The number of piperidine rings is 3. The van der Waals surface area contributed by atoms with Gasteiger partial charge in [0.05, 0.1) is 35.5 Å². The van der Waals surface area contributed by atoms with Gasteiger partial charge in [0.15, 0.2) is 29.9 Å². The number of esters is 3. The number of halogens is 4. The largest absolute Gasteiger partial charge is 1.00 e. The van der Waals surface area contributed by atoms with Crippen molar-refractivity contribution in [2.24, 2.45) is 11.8 Å². The second kappa shape index (κ2) is 27.9. The van der Waals surface area contributed by atoms with E-state index >= 15 is 0 Å². The van der Waals surface area contributed by atoms with Crippen molar-refractivity contribution in [3.63, 3.8) is 0 Å². The molecule has 458 valence electrons. The summed E-state index contributed by atoms with van der Waals surface area (Å²) in [6, 6.07) is 7.02. The summed E-state index contributed by atoms with van der Waals surface area (Å²) >= 11 is 14.7. The molecule has 0 amide bonds. The first kappa shape index (κ1) is 71.5. The normalized spacial score (nSPS) is 30.8. The van der Waals surface area contributed by atoms with Gasteiger partial charge in [0.2, 0.25) is 0 Å². The zero-order valence-electron chi connectivity index (χ0n) is 50.0. The van der Waals surface area contributed by atoms with Gasteiger partial charge in [0, 0.05) is 97.0 Å². The Balaban J connectivity index is 0.000000170. The molecule has 6 aliphatic carbocycles. The molecule has 1 saturated carbocycles. The second-order valence-electron chi connectivity index (χ2n) is 23.6. The summed E-state index contributed by atoms with van der Waals surface area (Å²) < 4.78 is 31.5. The monoisotopic (exact) mass is 1510 g/mol. The molecule has 87 heavy (non-hydrogen) atoms. The third-order valence-corrected chi connectivity index (χ3v) is 22.7. The smallest absolute Gasteiger partial charge is 1.00 e. The number of Topliss-reactive ketones (excluding diaryl/α,β-unsaturated/α-hetero) is 1. The number of ether oxygens (including phenoxy) is 5. The molecule has 12 atom stereocenters. The summed E-state index contributed by atoms with van der Waals surface area (Å²) in [5.74, 6) is 2.36. The molecular formula is C62H69Br4K2N3O16. The molecule has 3 aromatic rings. The predicted molar refractivity (Wildman–Crippen MR) is 322 cm³/mol. The first-order chi connectivity index (χ1) is 40.1. The first-order valence-electron chi connectivity index (χ1n) is 28.0. The molecule has 0 aromatic heterocycles. The maximum Gasteiger partial charge on any atom is 1.00 e. The summed E-state index contributed by atoms with van der Waals surface area (Å²) in [5, 5.41) is 37.9. The number of hydrogen-bond donors (Lipinski definition) is 3. The van der Waals surface area contributed by atoms with Gasteiger partial charge < -0.3 is 60.4 Å². The minimum atomic E-state index is -0.562. The van der Waals surface area contributed by atoms with Crippen molar-refractivity contribution in [2.45, 2.75) is 150 Å². The standard InChI is InChI=1S/C20H20BrNO4.C18H19Br2NO3.C18H18BrNO3.C4H6O3.CH2O3.CH4.2K.H/c1-10(24)25-16-4-3-13-15-8-12-14(21)7-11(9-23)18-17(12)20(13,19(16)26-18)5-6-22(15)2;1-21-3-2-18-10-6-12(20)15(23)17(18)24-16-8(7-22)4-11(19)9(14(16)18)5-13(10)21;1-20-5-4-18-11-2-3-14(22)17(18)23-16-9(8-21)6-12(19)10(15(16)18)7-13(11)20;1-3(5)7-4(2)6;2-1-4-3;;;;/h3-4,7,15,19,23H,5-6,8-9H2,1-2H3;4,10,12-13,17,22H,2-3,5-7H2,1H3;2-3,6,11,13,17,21H,4-5,7-8H2,1H3;1-2H3;1,3H;1H4;;;/q;;;;;;2*+1;-1/p-1/t15?,19-,20-;10?,12?,13?,17-,18-;11?,13?,17-,18-;;;;;;/m111....../s1. The first-order valence-corrected chi connectivity index (χ1v) is 31.3. The van der Waals surface area contributed by atoms with E-state index in [4.69, 9.17) is 29.0 Å². The van der Waals surface area contributed by atoms with E-state index in [1.54, 1.807) is 6.08 Å². The van der Waals surface area contributed by atoms with Crippen molar-refractivity contribution in [2.75, 3.05) is 40.8 Å². The minimum Gasteiger partial charge on any atom is -1.00 e. The molecule has 6 heterocycles. The second-order valence-corrected chi connectivity index (χ2v) is 27.3. The topological polar surface area (TPSA) is 251 Å². The van der Waals surface area contributed by atoms with Crippen molar-refractivity contribution in [3.05, 3.63) is 117 Å². The molecule has 4 fully saturated rings. The van der Waals surface area contributed by atoms with Crippen LogP contribution in [0.25, 0.3) is 0 Å². The van der Waals surface area contributed by atoms with Gasteiger partial charge in [0.1, 0.15) is 23.0 Å². The van der Waals surface area contributed by atoms with Gasteiger partial charge in [-0.2, -0.15) is 0 Å². The number of likely N-dealkylation sites (N-methyl/N-ethyl adjacent to an activating group) is 3. The number of benzene rings is 3. The minimum absolute atomic E-state index is 0. The molecule has 3 N–H and O–H groups in total. The van der Waals surface area contributed by atoms with Crippen LogP contribution in [0.3, 0.4) is 0 Å². The Kier molecular flexibility index (Phi) is 22.9. The quantitative estimate of drug-likeness (QED) is 0.0594. The van der Waals surface area contributed by atoms with Crippen LogP contribution in [0.15, 0.2) is 67.3 Å². The van der Waals surface area contributed by atoms with Gasteiger partial charge in [-0.25, -0.2) is 0 Å². The third kappa shape index (κ3) is 11.5. The number of hydrogen-bond acceptors (Lipinski definition) is 19. The molecule has 3 saturated heterocycles. The van der Waals surface area contributed by atoms with E-state index in [1.807, 2.05) is 24.3 Å². The number of likely N-dealkylation sites (tertiary alicyclic amines) is 3. The third-order valence-electron chi connectivity index (χ3n) is 19.7. The predicted octanol–water partition coefficient (Wildman–Crippen LogP) is 0.383. The molecule has 0 radical (unpaired) electrons. The molecule has 6 unspecified atom stereocenters. The molecule has 25 heteroatoms. The van der Waals surface area contributed by atoms with Crippen molar-refractivity contribution in [1.29, 1.82) is 0 Å². The summed E-state index contributed by atoms with van der Waals surface area (Å²) in [6.45, 7) is 6.29. The zero-order valence-corrected chi connectivity index (χ0v) is 61.6. The summed E-state index contributed by atoms with van der Waals surface area (Å²) in [6.07, 6.45) is 13.1. The van der Waals surface area contributed by atoms with Crippen LogP contribution in [-0.4, -0.2) is 148 Å². The van der Waals surface area contributed by atoms with Gasteiger partial charge in [-0.1, -0.05) is 83.3 Å². The van der Waals surface area contributed by atoms with Gasteiger partial charge in [-0.15, -0.1) is 0 Å². The Bertz CT molecular complexity index is 3420. The van der Waals surface area contributed by atoms with E-state index in [0.29, 0.717) is 35.7 Å². The molecule has 3 aromatic carbocycles. The number of rotatable bonds is 5. The van der Waals surface area contributed by atoms with E-state index in [2.05, 4.69) is 121 Å². The fourth-order valence-electron chi connectivity index (χ4n) is 16.5. The number of alkyl halides is 1. The van der Waals surface area contributed by atoms with E-state index < -0.39 is 24.1 Å². The van der Waals surface area contributed by atoms with Crippen LogP contribution < -0.4 is 122 Å². The molecule has 3 spiro atoms. The van der Waals surface area contributed by atoms with Crippen LogP contribution in [0.1, 0.15) is 105 Å². The van der Waals surface area contributed by atoms with E-state index in [1.165, 1.54) is 59.7 Å². The maximum absolute atomic E-state index is 13.0. The Morgan fingerprint density at radius 1 is 0.701 bits per heavy atom. The van der Waals surface area contributed by atoms with E-state index in [-0.39, 0.29) is 183 Å². The molecular weight excluding hydrogens is 1440 g/mol. The average Bonchev–Trinajstić information content (AvgIpc) is 1.46. The van der Waals surface area contributed by atoms with Crippen molar-refractivity contribution in [3.8, 4) is 17.2 Å². The van der Waals surface area contributed by atoms with Crippen LogP contribution in [0.4, 0.5) is 0 Å². The van der Waals surface area contributed by atoms with Crippen LogP contribution in [0, 0.1) is 11.8 Å². The van der Waals surface area contributed by atoms with Gasteiger partial charge >= 0.3 is 121 Å². The summed E-state index contributed by atoms with van der Waals surface area (Å²) in [4.78, 5) is 75.2. The van der Waals surface area contributed by atoms with Crippen molar-refractivity contribution < 1.29 is 182 Å². The fourth-order valence-corrected chi connectivity index (χ4v) is 19.1. The number of ketones is 2. The van der Waals surface area contributed by atoms with Crippen LogP contribution >= 0.6 is 63.7 Å². The van der Waals surface area contributed by atoms with Crippen LogP contribution in [-0.2, 0) is 98.5 Å². The fraction of sp³-hybridized carbons (Fsp3) is 0.516. The Morgan fingerprint density at radius 3 is 1.71 bits per heavy atom. The molecule has 12 aliphatic rings. The summed E-state index contributed by atoms with van der Waals surface area (Å²) in [7, 11) is 6.54. The van der Waals surface area contributed by atoms with E-state index in [9.17, 15) is 39.3 Å². The van der Waals surface area contributed by atoms with Crippen molar-refractivity contribution >= 4 is 99.7 Å². The number of aliphatic hydroxyl groups is 3.